The van der Waals surface area contributed by atoms with Crippen LogP contribution in [0.15, 0.2) is 54.6 Å². The average Bonchev–Trinajstić information content (AvgIpc) is 2.62. The molecule has 1 aliphatic heterocycles. The normalized spacial score (nSPS) is 17.2. The number of hydrogen-bond acceptors (Lipinski definition) is 3. The maximum absolute atomic E-state index is 3.52. The van der Waals surface area contributed by atoms with Crippen LogP contribution in [0.2, 0.25) is 0 Å². The topological polar surface area (TPSA) is 27.3 Å². The third-order valence-electron chi connectivity index (χ3n) is 4.90. The molecule has 1 heterocycles. The molecule has 0 amide bonds. The molecule has 2 aromatic rings. The molecule has 2 aromatic carbocycles. The fourth-order valence-corrected chi connectivity index (χ4v) is 3.78. The molecule has 1 aliphatic rings. The van der Waals surface area contributed by atoms with Crippen molar-refractivity contribution in [2.75, 3.05) is 31.5 Å². The van der Waals surface area contributed by atoms with Crippen LogP contribution < -0.4 is 10.6 Å². The number of piperazine rings is 1. The Morgan fingerprint density at radius 1 is 0.960 bits per heavy atom. The molecule has 0 bridgehead atoms. The van der Waals surface area contributed by atoms with Crippen LogP contribution in [-0.4, -0.2) is 31.1 Å². The average molecular weight is 338 g/mol. The molecular weight excluding hydrogens is 306 g/mol. The highest BCUT2D eigenvalue weighted by atomic mass is 15.2. The fraction of sp³-hybridized carbons (Fsp3) is 0.455. The summed E-state index contributed by atoms with van der Waals surface area (Å²) in [6.45, 7) is 12.3. The van der Waals surface area contributed by atoms with Gasteiger partial charge in [-0.25, -0.2) is 0 Å². The van der Waals surface area contributed by atoms with Crippen molar-refractivity contribution >= 4 is 5.69 Å². The molecule has 3 nitrogen and oxygen atoms in total. The summed E-state index contributed by atoms with van der Waals surface area (Å²) >= 11 is 0. The van der Waals surface area contributed by atoms with E-state index in [-0.39, 0.29) is 5.41 Å². The molecule has 0 spiro atoms. The molecule has 1 saturated heterocycles. The van der Waals surface area contributed by atoms with Gasteiger partial charge in [-0.1, -0.05) is 63.2 Å². The molecule has 134 valence electrons. The molecule has 1 fully saturated rings. The molecule has 0 saturated carbocycles. The summed E-state index contributed by atoms with van der Waals surface area (Å²) in [6.07, 6.45) is 0. The highest BCUT2D eigenvalue weighted by Gasteiger charge is 2.32. The summed E-state index contributed by atoms with van der Waals surface area (Å²) in [6, 6.07) is 20.0. The largest absolute Gasteiger partial charge is 0.381 e. The summed E-state index contributed by atoms with van der Waals surface area (Å²) in [5.41, 5.74) is 4.12. The third kappa shape index (κ3) is 4.83. The standard InChI is InChI=1S/C22H31N3/c1-22(2,3)21(25-15-13-23-14-16-25)19-9-11-20(12-10-19)24-17-18-7-5-4-6-8-18/h4-12,21,23-24H,13-17H2,1-3H3/t21-/m1/s1. The maximum Gasteiger partial charge on any atom is 0.0400 e. The van der Waals surface area contributed by atoms with Crippen LogP contribution >= 0.6 is 0 Å². The second kappa shape index (κ2) is 8.03. The Kier molecular flexibility index (Phi) is 5.77. The van der Waals surface area contributed by atoms with Crippen LogP contribution in [0, 0.1) is 5.41 Å². The number of nitrogens with zero attached hydrogens (tertiary/aromatic N) is 1. The van der Waals surface area contributed by atoms with Crippen LogP contribution in [0.4, 0.5) is 5.69 Å². The summed E-state index contributed by atoms with van der Waals surface area (Å²) in [5.74, 6) is 0. The van der Waals surface area contributed by atoms with E-state index < -0.39 is 0 Å². The smallest absolute Gasteiger partial charge is 0.0400 e. The SMILES string of the molecule is CC(C)(C)[C@@H](c1ccc(NCc2ccccc2)cc1)N1CCNCC1. The van der Waals surface area contributed by atoms with Crippen LogP contribution in [0.25, 0.3) is 0 Å². The molecule has 2 N–H and O–H groups in total. The lowest BCUT2D eigenvalue weighted by Gasteiger charge is -2.42. The molecule has 0 radical (unpaired) electrons. The Morgan fingerprint density at radius 2 is 1.60 bits per heavy atom. The van der Waals surface area contributed by atoms with Gasteiger partial charge in [-0.05, 0) is 28.7 Å². The first kappa shape index (κ1) is 18.0. The van der Waals surface area contributed by atoms with Crippen molar-refractivity contribution < 1.29 is 0 Å². The van der Waals surface area contributed by atoms with Gasteiger partial charge in [0.25, 0.3) is 0 Å². The Morgan fingerprint density at radius 3 is 2.20 bits per heavy atom. The first-order valence-corrected chi connectivity index (χ1v) is 9.36. The zero-order valence-corrected chi connectivity index (χ0v) is 15.8. The number of anilines is 1. The van der Waals surface area contributed by atoms with E-state index >= 15 is 0 Å². The fourth-order valence-electron chi connectivity index (χ4n) is 3.78. The second-order valence-corrected chi connectivity index (χ2v) is 8.02. The van der Waals surface area contributed by atoms with Crippen molar-refractivity contribution in [1.29, 1.82) is 0 Å². The molecule has 0 unspecified atom stereocenters. The van der Waals surface area contributed by atoms with E-state index in [9.17, 15) is 0 Å². The summed E-state index contributed by atoms with van der Waals surface area (Å²) in [4.78, 5) is 2.63. The van der Waals surface area contributed by atoms with Crippen molar-refractivity contribution in [2.45, 2.75) is 33.4 Å². The highest BCUT2D eigenvalue weighted by Crippen LogP contribution is 2.38. The van der Waals surface area contributed by atoms with E-state index in [2.05, 4.69) is 90.9 Å². The lowest BCUT2D eigenvalue weighted by Crippen LogP contribution is -2.48. The van der Waals surface area contributed by atoms with Gasteiger partial charge in [-0.15, -0.1) is 0 Å². The first-order chi connectivity index (χ1) is 12.0. The van der Waals surface area contributed by atoms with Gasteiger partial charge in [-0.2, -0.15) is 0 Å². The summed E-state index contributed by atoms with van der Waals surface area (Å²) < 4.78 is 0. The Labute approximate surface area is 152 Å². The number of benzene rings is 2. The van der Waals surface area contributed by atoms with Gasteiger partial charge in [-0.3, -0.25) is 4.90 Å². The quantitative estimate of drug-likeness (QED) is 0.852. The van der Waals surface area contributed by atoms with Gasteiger partial charge < -0.3 is 10.6 Å². The third-order valence-corrected chi connectivity index (χ3v) is 4.90. The van der Waals surface area contributed by atoms with E-state index in [1.54, 1.807) is 0 Å². The van der Waals surface area contributed by atoms with E-state index in [0.29, 0.717) is 6.04 Å². The van der Waals surface area contributed by atoms with E-state index in [0.717, 1.165) is 32.7 Å². The minimum atomic E-state index is 0.219. The van der Waals surface area contributed by atoms with E-state index in [4.69, 9.17) is 0 Å². The molecule has 25 heavy (non-hydrogen) atoms. The van der Waals surface area contributed by atoms with Gasteiger partial charge in [0.1, 0.15) is 0 Å². The van der Waals surface area contributed by atoms with Crippen molar-refractivity contribution in [3.63, 3.8) is 0 Å². The number of hydrogen-bond donors (Lipinski definition) is 2. The van der Waals surface area contributed by atoms with Crippen LogP contribution in [0.5, 0.6) is 0 Å². The maximum atomic E-state index is 3.52. The van der Waals surface area contributed by atoms with E-state index in [1.165, 1.54) is 16.8 Å². The van der Waals surface area contributed by atoms with Crippen molar-refractivity contribution in [1.82, 2.24) is 10.2 Å². The monoisotopic (exact) mass is 337 g/mol. The molecule has 3 rings (SSSR count). The Hall–Kier alpha value is -1.84. The van der Waals surface area contributed by atoms with Crippen molar-refractivity contribution in [3.8, 4) is 0 Å². The lowest BCUT2D eigenvalue weighted by atomic mass is 9.81. The second-order valence-electron chi connectivity index (χ2n) is 8.02. The van der Waals surface area contributed by atoms with Gasteiger partial charge in [0.2, 0.25) is 0 Å². The van der Waals surface area contributed by atoms with Gasteiger partial charge in [0, 0.05) is 44.5 Å². The predicted octanol–water partition coefficient (Wildman–Crippen LogP) is 4.29. The van der Waals surface area contributed by atoms with Gasteiger partial charge in [0.05, 0.1) is 0 Å². The minimum Gasteiger partial charge on any atom is -0.381 e. The number of nitrogens with one attached hydrogen (secondary N) is 2. The van der Waals surface area contributed by atoms with Crippen LogP contribution in [-0.2, 0) is 6.54 Å². The van der Waals surface area contributed by atoms with Crippen LogP contribution in [0.3, 0.4) is 0 Å². The van der Waals surface area contributed by atoms with Crippen molar-refractivity contribution in [3.05, 3.63) is 65.7 Å². The van der Waals surface area contributed by atoms with Crippen LogP contribution in [0.1, 0.15) is 37.9 Å². The van der Waals surface area contributed by atoms with Crippen molar-refractivity contribution in [2.24, 2.45) is 5.41 Å². The first-order valence-electron chi connectivity index (χ1n) is 9.36. The highest BCUT2D eigenvalue weighted by molar-refractivity contribution is 5.46. The summed E-state index contributed by atoms with van der Waals surface area (Å²) in [7, 11) is 0. The molecular formula is C22H31N3. The predicted molar refractivity (Wildman–Crippen MR) is 107 cm³/mol. The summed E-state index contributed by atoms with van der Waals surface area (Å²) in [5, 5.41) is 6.98. The molecule has 3 heteroatoms. The Balaban J connectivity index is 1.70. The van der Waals surface area contributed by atoms with Gasteiger partial charge in [0.15, 0.2) is 0 Å². The minimum absolute atomic E-state index is 0.219. The number of rotatable bonds is 5. The molecule has 1 atom stereocenters. The Bertz CT molecular complexity index is 637. The lowest BCUT2D eigenvalue weighted by molar-refractivity contribution is 0.0862. The van der Waals surface area contributed by atoms with E-state index in [1.807, 2.05) is 0 Å². The van der Waals surface area contributed by atoms with Gasteiger partial charge >= 0.3 is 0 Å². The zero-order valence-electron chi connectivity index (χ0n) is 15.8. The molecule has 0 aromatic heterocycles. The molecule has 0 aliphatic carbocycles. The zero-order chi connectivity index (χ0) is 17.7.